The maximum atomic E-state index is 13.5. The number of Topliss-reactive ketones (excluding diaryl/α,β-unsaturated/α-hetero) is 1. The molecule has 0 aliphatic carbocycles. The summed E-state index contributed by atoms with van der Waals surface area (Å²) in [6.45, 7) is 1.56. The summed E-state index contributed by atoms with van der Waals surface area (Å²) in [5.41, 5.74) is 2.34. The van der Waals surface area contributed by atoms with E-state index in [2.05, 4.69) is 0 Å². The van der Waals surface area contributed by atoms with E-state index in [-0.39, 0.29) is 18.8 Å². The number of halogens is 3. The molecule has 0 unspecified atom stereocenters. The van der Waals surface area contributed by atoms with Crippen molar-refractivity contribution in [1.82, 2.24) is 0 Å². The second-order valence-corrected chi connectivity index (χ2v) is 5.76. The molecule has 0 aliphatic rings. The Labute approximate surface area is 141 Å². The Morgan fingerprint density at radius 2 is 1.38 bits per heavy atom. The number of hydrogen-bond donors (Lipinski definition) is 0. The lowest BCUT2D eigenvalue weighted by Gasteiger charge is -2.06. The minimum atomic E-state index is -1.16. The smallest absolute Gasteiger partial charge is 0.161 e. The Balaban J connectivity index is 0.00000288. The summed E-state index contributed by atoms with van der Waals surface area (Å²) >= 11 is 0. The largest absolute Gasteiger partial charge is 0.300 e. The molecule has 0 atom stereocenters. The van der Waals surface area contributed by atoms with E-state index < -0.39 is 17.5 Å². The third-order valence-corrected chi connectivity index (χ3v) is 3.73. The summed E-state index contributed by atoms with van der Waals surface area (Å²) in [4.78, 5) is 11.0. The lowest BCUT2D eigenvalue weighted by Crippen LogP contribution is -1.97. The van der Waals surface area contributed by atoms with Crippen LogP contribution in [-0.4, -0.2) is 5.78 Å². The predicted molar refractivity (Wildman–Crippen MR) is 90.5 cm³/mol. The predicted octanol–water partition coefficient (Wildman–Crippen LogP) is 5.44. The van der Waals surface area contributed by atoms with Gasteiger partial charge in [0.05, 0.1) is 0 Å². The van der Waals surface area contributed by atoms with Crippen LogP contribution < -0.4 is 0 Å². The summed E-state index contributed by atoms with van der Waals surface area (Å²) in [5.74, 6) is -2.73. The van der Waals surface area contributed by atoms with Gasteiger partial charge in [-0.3, -0.25) is 4.79 Å². The summed E-state index contributed by atoms with van der Waals surface area (Å²) in [5, 5.41) is 0. The molecule has 0 bridgehead atoms. The van der Waals surface area contributed by atoms with Gasteiger partial charge in [-0.1, -0.05) is 31.7 Å². The van der Waals surface area contributed by atoms with Crippen molar-refractivity contribution in [2.24, 2.45) is 0 Å². The molecule has 1 nitrogen and oxygen atoms in total. The fourth-order valence-electron chi connectivity index (χ4n) is 2.51. The van der Waals surface area contributed by atoms with Gasteiger partial charge in [0, 0.05) is 12.5 Å². The Hall–Kier alpha value is -2.10. The van der Waals surface area contributed by atoms with Gasteiger partial charge in [0.25, 0.3) is 0 Å². The number of aryl methyl sites for hydroxylation is 2. The van der Waals surface area contributed by atoms with Crippen molar-refractivity contribution in [3.05, 3.63) is 70.5 Å². The number of rotatable bonds is 7. The quantitative estimate of drug-likeness (QED) is 0.486. The van der Waals surface area contributed by atoms with Crippen LogP contribution in [0.4, 0.5) is 13.2 Å². The number of carbonyl (C=O) groups excluding carboxylic acids is 1. The van der Waals surface area contributed by atoms with Crippen molar-refractivity contribution in [1.29, 1.82) is 0 Å². The van der Waals surface area contributed by atoms with Crippen LogP contribution in [-0.2, 0) is 24.1 Å². The molecule has 0 spiro atoms. The first-order valence-electron chi connectivity index (χ1n) is 7.66. The Morgan fingerprint density at radius 3 is 2.00 bits per heavy atom. The molecular formula is C20H23F3O. The van der Waals surface area contributed by atoms with E-state index in [9.17, 15) is 18.0 Å². The van der Waals surface area contributed by atoms with Crippen LogP contribution in [0.5, 0.6) is 0 Å². The third kappa shape index (κ3) is 5.84. The first kappa shape index (κ1) is 19.9. The van der Waals surface area contributed by atoms with Crippen LogP contribution in [0.1, 0.15) is 43.9 Å². The maximum absolute atomic E-state index is 13.5. The average Bonchev–Trinajstić information content (AvgIpc) is 2.49. The molecule has 24 heavy (non-hydrogen) atoms. The molecule has 2 aromatic rings. The molecule has 0 N–H and O–H groups in total. The average molecular weight is 336 g/mol. The highest BCUT2D eigenvalue weighted by Gasteiger charge is 2.09. The number of ketones is 1. The Kier molecular flexibility index (Phi) is 7.69. The first-order chi connectivity index (χ1) is 11.0. The standard InChI is InChI=1S/C19H19F3O.CH4/c1-13(23)10-15-8-6-14(7-9-15)4-2-3-5-16-11-18(21)19(22)12-17(16)20;/h6-9,11-12H,2-5,10H2,1H3;1H4. The molecule has 0 saturated heterocycles. The third-order valence-electron chi connectivity index (χ3n) is 3.73. The van der Waals surface area contributed by atoms with Gasteiger partial charge in [-0.2, -0.15) is 0 Å². The second kappa shape index (κ2) is 9.26. The number of unbranched alkanes of at least 4 members (excludes halogenated alkanes) is 1. The van der Waals surface area contributed by atoms with Gasteiger partial charge in [-0.25, -0.2) is 13.2 Å². The van der Waals surface area contributed by atoms with Crippen molar-refractivity contribution in [2.45, 2.75) is 46.5 Å². The maximum Gasteiger partial charge on any atom is 0.161 e. The van der Waals surface area contributed by atoms with E-state index in [1.165, 1.54) is 0 Å². The van der Waals surface area contributed by atoms with E-state index in [4.69, 9.17) is 0 Å². The van der Waals surface area contributed by atoms with E-state index in [0.29, 0.717) is 25.3 Å². The molecule has 0 saturated carbocycles. The van der Waals surface area contributed by atoms with Crippen LogP contribution in [0.2, 0.25) is 0 Å². The zero-order valence-electron chi connectivity index (χ0n) is 13.0. The SMILES string of the molecule is C.CC(=O)Cc1ccc(CCCCc2cc(F)c(F)cc2F)cc1. The molecule has 0 heterocycles. The number of hydrogen-bond acceptors (Lipinski definition) is 1. The van der Waals surface area contributed by atoms with Crippen LogP contribution in [0.25, 0.3) is 0 Å². The lowest BCUT2D eigenvalue weighted by molar-refractivity contribution is -0.116. The number of benzene rings is 2. The van der Waals surface area contributed by atoms with Crippen molar-refractivity contribution in [3.63, 3.8) is 0 Å². The van der Waals surface area contributed by atoms with Crippen molar-refractivity contribution in [2.75, 3.05) is 0 Å². The first-order valence-corrected chi connectivity index (χ1v) is 7.66. The van der Waals surface area contributed by atoms with Crippen LogP contribution in [0, 0.1) is 17.5 Å². The lowest BCUT2D eigenvalue weighted by atomic mass is 10.0. The Bertz CT molecular complexity index is 678. The van der Waals surface area contributed by atoms with Crippen LogP contribution in [0.3, 0.4) is 0 Å². The molecule has 2 aromatic carbocycles. The van der Waals surface area contributed by atoms with E-state index >= 15 is 0 Å². The molecule has 0 amide bonds. The molecule has 2 rings (SSSR count). The van der Waals surface area contributed by atoms with E-state index in [0.717, 1.165) is 30.0 Å². The minimum Gasteiger partial charge on any atom is -0.300 e. The van der Waals surface area contributed by atoms with Gasteiger partial charge in [0.15, 0.2) is 11.6 Å². The molecule has 0 radical (unpaired) electrons. The van der Waals surface area contributed by atoms with Gasteiger partial charge in [-0.05, 0) is 55.4 Å². The van der Waals surface area contributed by atoms with Crippen molar-refractivity contribution < 1.29 is 18.0 Å². The second-order valence-electron chi connectivity index (χ2n) is 5.76. The van der Waals surface area contributed by atoms with Gasteiger partial charge in [0.1, 0.15) is 11.6 Å². The summed E-state index contributed by atoms with van der Waals surface area (Å²) < 4.78 is 39.4. The van der Waals surface area contributed by atoms with Crippen molar-refractivity contribution in [3.8, 4) is 0 Å². The van der Waals surface area contributed by atoms with Gasteiger partial charge in [0.2, 0.25) is 0 Å². The fraction of sp³-hybridized carbons (Fsp3) is 0.350. The highest BCUT2D eigenvalue weighted by Crippen LogP contribution is 2.17. The van der Waals surface area contributed by atoms with Gasteiger partial charge < -0.3 is 0 Å². The highest BCUT2D eigenvalue weighted by atomic mass is 19.2. The molecule has 0 aliphatic heterocycles. The molecule has 0 aromatic heterocycles. The number of carbonyl (C=O) groups is 1. The monoisotopic (exact) mass is 336 g/mol. The molecule has 130 valence electrons. The summed E-state index contributed by atoms with van der Waals surface area (Å²) in [6, 6.07) is 9.37. The Morgan fingerprint density at radius 1 is 0.833 bits per heavy atom. The minimum absolute atomic E-state index is 0. The molecule has 4 heteroatoms. The van der Waals surface area contributed by atoms with Crippen molar-refractivity contribution >= 4 is 5.78 Å². The van der Waals surface area contributed by atoms with Crippen LogP contribution in [0.15, 0.2) is 36.4 Å². The fourth-order valence-corrected chi connectivity index (χ4v) is 2.51. The molecular weight excluding hydrogens is 313 g/mol. The van der Waals surface area contributed by atoms with Crippen LogP contribution >= 0.6 is 0 Å². The van der Waals surface area contributed by atoms with E-state index in [1.807, 2.05) is 24.3 Å². The summed E-state index contributed by atoms with van der Waals surface area (Å²) in [7, 11) is 0. The normalized spacial score (nSPS) is 10.3. The van der Waals surface area contributed by atoms with E-state index in [1.54, 1.807) is 6.92 Å². The zero-order valence-corrected chi connectivity index (χ0v) is 13.0. The van der Waals surface area contributed by atoms with Gasteiger partial charge in [-0.15, -0.1) is 0 Å². The van der Waals surface area contributed by atoms with Gasteiger partial charge >= 0.3 is 0 Å². The summed E-state index contributed by atoms with van der Waals surface area (Å²) in [6.07, 6.45) is 3.16. The molecule has 0 fully saturated rings. The topological polar surface area (TPSA) is 17.1 Å². The zero-order chi connectivity index (χ0) is 16.8. The highest BCUT2D eigenvalue weighted by molar-refractivity contribution is 5.78.